The molecule has 2 aromatic rings. The lowest BCUT2D eigenvalue weighted by Crippen LogP contribution is -2.55. The Kier molecular flexibility index (Phi) is 6.62. The quantitative estimate of drug-likeness (QED) is 0.623. The van der Waals surface area contributed by atoms with Gasteiger partial charge in [-0.1, -0.05) is 6.07 Å². The van der Waals surface area contributed by atoms with Gasteiger partial charge in [0, 0.05) is 22.0 Å². The highest BCUT2D eigenvalue weighted by molar-refractivity contribution is 7.17. The van der Waals surface area contributed by atoms with Crippen LogP contribution in [0.4, 0.5) is 5.00 Å². The fourth-order valence-corrected chi connectivity index (χ4v) is 5.32. The van der Waals surface area contributed by atoms with Gasteiger partial charge in [0.1, 0.15) is 16.5 Å². The molecule has 168 valence electrons. The summed E-state index contributed by atoms with van der Waals surface area (Å²) in [6.07, 6.45) is 0.659. The number of rotatable bonds is 7. The number of carbonyl (C=O) groups is 2. The molecule has 0 saturated carbocycles. The molecule has 1 aliphatic heterocycles. The fraction of sp³-hybridized carbons (Fsp3) is 0.478. The van der Waals surface area contributed by atoms with Crippen LogP contribution in [0, 0.1) is 0 Å². The highest BCUT2D eigenvalue weighted by Crippen LogP contribution is 2.45. The second-order valence-electron chi connectivity index (χ2n) is 8.66. The van der Waals surface area contributed by atoms with E-state index in [0.717, 1.165) is 10.4 Å². The minimum atomic E-state index is -0.419. The molecule has 0 fully saturated rings. The van der Waals surface area contributed by atoms with E-state index in [1.165, 1.54) is 11.3 Å². The molecular formula is C23H30N2O5S. The van der Waals surface area contributed by atoms with Gasteiger partial charge in [0.05, 0.1) is 19.3 Å². The monoisotopic (exact) mass is 446 g/mol. The molecule has 2 heterocycles. The van der Waals surface area contributed by atoms with Gasteiger partial charge in [-0.2, -0.15) is 0 Å². The van der Waals surface area contributed by atoms with Crippen molar-refractivity contribution in [2.45, 2.75) is 52.1 Å². The Labute approximate surface area is 187 Å². The summed E-state index contributed by atoms with van der Waals surface area (Å²) in [7, 11) is 1.57. The number of hydrogen-bond donors (Lipinski definition) is 2. The van der Waals surface area contributed by atoms with Gasteiger partial charge in [-0.05, 0) is 58.7 Å². The van der Waals surface area contributed by atoms with Gasteiger partial charge in [0.2, 0.25) is 0 Å². The number of carbonyl (C=O) groups excluding carboxylic acids is 2. The summed E-state index contributed by atoms with van der Waals surface area (Å²) in [5.74, 6) is 0.401. The average Bonchev–Trinajstić information content (AvgIpc) is 3.03. The molecule has 0 radical (unpaired) electrons. The van der Waals surface area contributed by atoms with Gasteiger partial charge < -0.3 is 24.8 Å². The van der Waals surface area contributed by atoms with E-state index in [9.17, 15) is 9.59 Å². The molecule has 1 aromatic heterocycles. The third-order valence-electron chi connectivity index (χ3n) is 4.99. The Morgan fingerprint density at radius 2 is 1.90 bits per heavy atom. The lowest BCUT2D eigenvalue weighted by molar-refractivity contribution is -0.118. The molecule has 0 aliphatic carbocycles. The molecule has 7 nitrogen and oxygen atoms in total. The van der Waals surface area contributed by atoms with Gasteiger partial charge in [0.25, 0.3) is 5.91 Å². The van der Waals surface area contributed by atoms with Crippen molar-refractivity contribution >= 4 is 28.2 Å². The Balaban J connectivity index is 1.85. The van der Waals surface area contributed by atoms with E-state index in [0.29, 0.717) is 28.5 Å². The number of benzene rings is 1. The number of esters is 1. The second-order valence-corrected chi connectivity index (χ2v) is 9.68. The third-order valence-corrected chi connectivity index (χ3v) is 6.46. The lowest BCUT2D eigenvalue weighted by Gasteiger charge is -2.42. The minimum Gasteiger partial charge on any atom is -0.497 e. The van der Waals surface area contributed by atoms with E-state index in [-0.39, 0.29) is 30.2 Å². The zero-order chi connectivity index (χ0) is 22.8. The zero-order valence-corrected chi connectivity index (χ0v) is 19.7. The van der Waals surface area contributed by atoms with Crippen LogP contribution in [0.25, 0.3) is 0 Å². The van der Waals surface area contributed by atoms with Crippen molar-refractivity contribution in [3.63, 3.8) is 0 Å². The van der Waals surface area contributed by atoms with Crippen molar-refractivity contribution in [1.29, 1.82) is 0 Å². The number of ether oxygens (including phenoxy) is 3. The van der Waals surface area contributed by atoms with Crippen LogP contribution in [0.2, 0.25) is 0 Å². The van der Waals surface area contributed by atoms with Crippen molar-refractivity contribution in [3.8, 4) is 11.5 Å². The summed E-state index contributed by atoms with van der Waals surface area (Å²) < 4.78 is 16.1. The lowest BCUT2D eigenvalue weighted by atomic mass is 9.81. The van der Waals surface area contributed by atoms with E-state index in [4.69, 9.17) is 14.2 Å². The predicted molar refractivity (Wildman–Crippen MR) is 121 cm³/mol. The molecule has 31 heavy (non-hydrogen) atoms. The van der Waals surface area contributed by atoms with Gasteiger partial charge in [-0.25, -0.2) is 4.79 Å². The minimum absolute atomic E-state index is 0.189. The smallest absolute Gasteiger partial charge is 0.341 e. The Hall–Kier alpha value is -2.58. The predicted octanol–water partition coefficient (Wildman–Crippen LogP) is 4.11. The van der Waals surface area contributed by atoms with E-state index in [1.807, 2.05) is 0 Å². The molecule has 1 amide bonds. The highest BCUT2D eigenvalue weighted by Gasteiger charge is 2.42. The number of nitrogens with one attached hydrogen (secondary N) is 2. The van der Waals surface area contributed by atoms with E-state index in [2.05, 4.69) is 38.3 Å². The molecule has 0 spiro atoms. The fourth-order valence-electron chi connectivity index (χ4n) is 4.04. The molecule has 8 heteroatoms. The van der Waals surface area contributed by atoms with Crippen molar-refractivity contribution < 1.29 is 23.8 Å². The summed E-state index contributed by atoms with van der Waals surface area (Å²) in [6, 6.07) is 7.04. The first kappa shape index (κ1) is 23.1. The van der Waals surface area contributed by atoms with Crippen LogP contribution in [0.5, 0.6) is 11.5 Å². The molecule has 1 aromatic carbocycles. The maximum absolute atomic E-state index is 12.8. The maximum Gasteiger partial charge on any atom is 0.341 e. The Morgan fingerprint density at radius 3 is 2.58 bits per heavy atom. The largest absolute Gasteiger partial charge is 0.497 e. The average molecular weight is 447 g/mol. The van der Waals surface area contributed by atoms with Crippen LogP contribution in [-0.4, -0.2) is 37.7 Å². The first-order valence-electron chi connectivity index (χ1n) is 10.3. The number of anilines is 1. The van der Waals surface area contributed by atoms with Crippen molar-refractivity contribution in [3.05, 3.63) is 40.3 Å². The Bertz CT molecular complexity index is 980. The van der Waals surface area contributed by atoms with E-state index >= 15 is 0 Å². The number of amides is 1. The van der Waals surface area contributed by atoms with Gasteiger partial charge >= 0.3 is 5.97 Å². The van der Waals surface area contributed by atoms with Gasteiger partial charge in [-0.15, -0.1) is 11.3 Å². The molecular weight excluding hydrogens is 416 g/mol. The molecule has 1 aliphatic rings. The summed E-state index contributed by atoms with van der Waals surface area (Å²) in [5.41, 5.74) is 0.832. The molecule has 0 saturated heterocycles. The topological polar surface area (TPSA) is 85.9 Å². The highest BCUT2D eigenvalue weighted by atomic mass is 32.1. The third kappa shape index (κ3) is 5.19. The standard InChI is InChI=1S/C23H30N2O5S/c1-7-29-21(27)18-16-12-22(2,3)25-23(4,5)19(16)31-20(18)24-17(26)13-30-15-10-8-9-14(11-15)28-6/h8-11,25H,7,12-13H2,1-6H3,(H,24,26). The van der Waals surface area contributed by atoms with E-state index < -0.39 is 5.97 Å². The molecule has 0 unspecified atom stereocenters. The maximum atomic E-state index is 12.8. The van der Waals surface area contributed by atoms with Crippen LogP contribution in [0.3, 0.4) is 0 Å². The summed E-state index contributed by atoms with van der Waals surface area (Å²) >= 11 is 1.41. The number of hydrogen-bond acceptors (Lipinski definition) is 7. The van der Waals surface area contributed by atoms with Crippen LogP contribution < -0.4 is 20.1 Å². The molecule has 0 atom stereocenters. The molecule has 2 N–H and O–H groups in total. The van der Waals surface area contributed by atoms with Crippen LogP contribution >= 0.6 is 11.3 Å². The second kappa shape index (κ2) is 8.88. The number of thiophene rings is 1. The SMILES string of the molecule is CCOC(=O)c1c(NC(=O)COc2cccc(OC)c2)sc2c1CC(C)(C)NC2(C)C. The first-order chi connectivity index (χ1) is 14.6. The van der Waals surface area contributed by atoms with Crippen LogP contribution in [0.15, 0.2) is 24.3 Å². The van der Waals surface area contributed by atoms with E-state index in [1.54, 1.807) is 38.3 Å². The summed E-state index contributed by atoms with van der Waals surface area (Å²) in [4.78, 5) is 26.5. The van der Waals surface area contributed by atoms with Crippen molar-refractivity contribution in [2.75, 3.05) is 25.6 Å². The Morgan fingerprint density at radius 1 is 1.19 bits per heavy atom. The van der Waals surface area contributed by atoms with Crippen LogP contribution in [-0.2, 0) is 21.5 Å². The first-order valence-corrected chi connectivity index (χ1v) is 11.1. The van der Waals surface area contributed by atoms with Crippen LogP contribution in [0.1, 0.15) is 55.4 Å². The molecule has 3 rings (SSSR count). The van der Waals surface area contributed by atoms with Gasteiger partial charge in [-0.3, -0.25) is 4.79 Å². The normalized spacial score (nSPS) is 16.2. The molecule has 0 bridgehead atoms. The van der Waals surface area contributed by atoms with Crippen molar-refractivity contribution in [1.82, 2.24) is 5.32 Å². The summed E-state index contributed by atoms with van der Waals surface area (Å²) in [5, 5.41) is 6.98. The number of methoxy groups -OCH3 is 1. The zero-order valence-electron chi connectivity index (χ0n) is 18.9. The van der Waals surface area contributed by atoms with Gasteiger partial charge in [0.15, 0.2) is 6.61 Å². The summed E-state index contributed by atoms with van der Waals surface area (Å²) in [6.45, 7) is 10.2. The number of fused-ring (bicyclic) bond motifs is 1. The van der Waals surface area contributed by atoms with Crippen molar-refractivity contribution in [2.24, 2.45) is 0 Å².